The third-order valence-corrected chi connectivity index (χ3v) is 9.12. The van der Waals surface area contributed by atoms with Crippen LogP contribution in [0.5, 0.6) is 0 Å². The Morgan fingerprint density at radius 2 is 0.930 bits per heavy atom. The zero-order valence-corrected chi connectivity index (χ0v) is 34.4. The molecule has 2 unspecified atom stereocenters. The highest BCUT2D eigenvalue weighted by atomic mass is 16.6. The van der Waals surface area contributed by atoms with Crippen LogP contribution in [0, 0.1) is 0 Å². The van der Waals surface area contributed by atoms with Gasteiger partial charge in [0.15, 0.2) is 6.29 Å². The van der Waals surface area contributed by atoms with Crippen LogP contribution in [0.3, 0.4) is 0 Å². The van der Waals surface area contributed by atoms with E-state index in [-0.39, 0.29) is 57.1 Å². The molecule has 17 nitrogen and oxygen atoms in total. The number of unbranched alkanes of at least 4 members (excludes halogenated alkanes) is 14. The summed E-state index contributed by atoms with van der Waals surface area (Å²) in [5.41, 5.74) is 5.47. The van der Waals surface area contributed by atoms with Crippen molar-refractivity contribution in [2.45, 2.75) is 160 Å². The molecule has 3 amide bonds. The number of carbonyl (C=O) groups excluding carboxylic acids is 3. The van der Waals surface area contributed by atoms with E-state index in [4.69, 9.17) is 45.1 Å². The maximum absolute atomic E-state index is 12.6. The molecule has 0 fully saturated rings. The summed E-state index contributed by atoms with van der Waals surface area (Å²) in [4.78, 5) is 58.9. The Bertz CT molecular complexity index is 1020. The lowest BCUT2D eigenvalue weighted by Crippen LogP contribution is -2.47. The van der Waals surface area contributed by atoms with E-state index in [0.717, 1.165) is 38.5 Å². The number of aliphatic carboxylic acids is 2. The summed E-state index contributed by atoms with van der Waals surface area (Å²) in [6, 6.07) is -1.87. The molecule has 57 heavy (non-hydrogen) atoms. The molecule has 0 aromatic carbocycles. The lowest BCUT2D eigenvalue weighted by Gasteiger charge is -2.18. The van der Waals surface area contributed by atoms with Gasteiger partial charge in [-0.1, -0.05) is 77.0 Å². The second kappa shape index (κ2) is 39.9. The van der Waals surface area contributed by atoms with Crippen LogP contribution >= 0.6 is 0 Å². The van der Waals surface area contributed by atoms with Crippen LogP contribution in [-0.4, -0.2) is 134 Å². The Morgan fingerprint density at radius 1 is 0.474 bits per heavy atom. The maximum atomic E-state index is 12.6. The summed E-state index contributed by atoms with van der Waals surface area (Å²) in [6.45, 7) is 4.07. The van der Waals surface area contributed by atoms with E-state index < -0.39 is 36.2 Å². The monoisotopic (exact) mass is 821 g/mol. The highest BCUT2D eigenvalue weighted by Crippen LogP contribution is 2.14. The Labute approximate surface area is 339 Å². The molecule has 0 heterocycles. The molecule has 9 N–H and O–H groups in total. The van der Waals surface area contributed by atoms with Gasteiger partial charge in [0.25, 0.3) is 0 Å². The Balaban J connectivity index is 3.58. The van der Waals surface area contributed by atoms with Gasteiger partial charge >= 0.3 is 11.9 Å². The number of amides is 3. The molecule has 0 spiro atoms. The quantitative estimate of drug-likeness (QED) is 0.0325. The molecule has 0 aliphatic heterocycles. The van der Waals surface area contributed by atoms with Gasteiger partial charge in [0.05, 0.1) is 52.9 Å². The van der Waals surface area contributed by atoms with Gasteiger partial charge in [0.2, 0.25) is 17.7 Å². The van der Waals surface area contributed by atoms with Gasteiger partial charge in [-0.3, -0.25) is 24.0 Å². The molecule has 2 atom stereocenters. The van der Waals surface area contributed by atoms with Gasteiger partial charge in [-0.2, -0.15) is 0 Å². The average Bonchev–Trinajstić information content (AvgIpc) is 3.17. The highest BCUT2D eigenvalue weighted by Gasteiger charge is 2.21. The molecular formula is C40H76N4O13. The number of nitrogens with one attached hydrogen (secondary N) is 3. The molecule has 0 aliphatic carbocycles. The van der Waals surface area contributed by atoms with Crippen molar-refractivity contribution in [2.24, 2.45) is 5.73 Å². The number of ether oxygens (including phenoxy) is 4. The van der Waals surface area contributed by atoms with E-state index >= 15 is 0 Å². The van der Waals surface area contributed by atoms with Crippen LogP contribution in [0.15, 0.2) is 0 Å². The van der Waals surface area contributed by atoms with Crippen LogP contribution in [0.25, 0.3) is 0 Å². The molecule has 0 radical (unpaired) electrons. The first-order valence-corrected chi connectivity index (χ1v) is 21.2. The predicted molar refractivity (Wildman–Crippen MR) is 214 cm³/mol. The minimum absolute atomic E-state index is 0.00488. The number of hydrogen-bond acceptors (Lipinski definition) is 12. The molecule has 0 bridgehead atoms. The molecule has 0 aromatic rings. The fourth-order valence-corrected chi connectivity index (χ4v) is 5.74. The van der Waals surface area contributed by atoms with E-state index in [1.54, 1.807) is 0 Å². The van der Waals surface area contributed by atoms with Gasteiger partial charge in [-0.25, -0.2) is 0 Å². The second-order valence-electron chi connectivity index (χ2n) is 14.3. The summed E-state index contributed by atoms with van der Waals surface area (Å²) < 4.78 is 21.4. The van der Waals surface area contributed by atoms with E-state index in [9.17, 15) is 24.0 Å². The summed E-state index contributed by atoms with van der Waals surface area (Å²) in [5, 5.41) is 43.5. The van der Waals surface area contributed by atoms with Crippen molar-refractivity contribution in [1.29, 1.82) is 0 Å². The molecule has 17 heteroatoms. The van der Waals surface area contributed by atoms with Crippen molar-refractivity contribution in [2.75, 3.05) is 65.9 Å². The Hall–Kier alpha value is -2.93. The van der Waals surface area contributed by atoms with Gasteiger partial charge in [0.1, 0.15) is 12.1 Å². The summed E-state index contributed by atoms with van der Waals surface area (Å²) in [7, 11) is 0. The smallest absolute Gasteiger partial charge is 0.320 e. The van der Waals surface area contributed by atoms with Crippen LogP contribution in [-0.2, 0) is 42.9 Å². The topological polar surface area (TPSA) is 265 Å². The van der Waals surface area contributed by atoms with Gasteiger partial charge < -0.3 is 61.1 Å². The lowest BCUT2D eigenvalue weighted by molar-refractivity contribution is -0.139. The lowest BCUT2D eigenvalue weighted by atomic mass is 10.0. The number of aliphatic hydroxyl groups is 2. The zero-order valence-electron chi connectivity index (χ0n) is 34.4. The van der Waals surface area contributed by atoms with Crippen LogP contribution in [0.4, 0.5) is 0 Å². The fraction of sp³-hybridized carbons (Fsp3) is 0.875. The van der Waals surface area contributed by atoms with Gasteiger partial charge in [-0.05, 0) is 38.5 Å². The highest BCUT2D eigenvalue weighted by molar-refractivity contribution is 5.88. The normalized spacial score (nSPS) is 12.4. The average molecular weight is 821 g/mol. The van der Waals surface area contributed by atoms with Crippen molar-refractivity contribution in [1.82, 2.24) is 16.0 Å². The minimum Gasteiger partial charge on any atom is -0.481 e. The van der Waals surface area contributed by atoms with Crippen molar-refractivity contribution in [3.8, 4) is 0 Å². The first-order chi connectivity index (χ1) is 27.5. The van der Waals surface area contributed by atoms with Gasteiger partial charge in [-0.15, -0.1) is 0 Å². The molecule has 0 saturated carbocycles. The summed E-state index contributed by atoms with van der Waals surface area (Å²) in [6.07, 6.45) is 16.1. The van der Waals surface area contributed by atoms with Crippen molar-refractivity contribution >= 4 is 29.7 Å². The third kappa shape index (κ3) is 39.7. The molecule has 0 aliphatic rings. The van der Waals surface area contributed by atoms with E-state index in [2.05, 4.69) is 16.0 Å². The molecule has 0 rings (SSSR count). The SMILES string of the molecule is NC(CCCCNC(=O)C(CCC(=O)O)NC(=O)CCCCCCCCCCCCCCCCC(=O)NCCOCCOCCOCCOCCC(O)O)C(=O)O. The largest absolute Gasteiger partial charge is 0.481 e. The van der Waals surface area contributed by atoms with Crippen molar-refractivity contribution in [3.63, 3.8) is 0 Å². The Kier molecular flexibility index (Phi) is 37.8. The zero-order chi connectivity index (χ0) is 42.2. The molecule has 0 aromatic heterocycles. The standard InChI is InChI=1S/C40H76N4O13/c41-33(40(52)53)17-15-16-23-43-39(51)34(20-21-37(47)48)44-36(46)19-14-12-10-8-6-4-2-1-3-5-7-9-11-13-18-35(45)42-24-26-55-28-30-57-32-31-56-29-27-54-25-22-38(49)50/h33-34,38,49-50H,1-32,41H2,(H,42,45)(H,43,51)(H,44,46)(H,47,48)(H,52,53). The second-order valence-corrected chi connectivity index (χ2v) is 14.3. The van der Waals surface area contributed by atoms with E-state index in [0.29, 0.717) is 78.5 Å². The molecular weight excluding hydrogens is 744 g/mol. The number of carboxylic acid groups (broad SMARTS) is 2. The third-order valence-electron chi connectivity index (χ3n) is 9.12. The van der Waals surface area contributed by atoms with E-state index in [1.807, 2.05) is 0 Å². The van der Waals surface area contributed by atoms with E-state index in [1.165, 1.54) is 44.9 Å². The first kappa shape index (κ1) is 54.1. The summed E-state index contributed by atoms with van der Waals surface area (Å²) >= 11 is 0. The summed E-state index contributed by atoms with van der Waals surface area (Å²) in [5.74, 6) is -2.77. The minimum atomic E-state index is -1.35. The fourth-order valence-electron chi connectivity index (χ4n) is 5.74. The van der Waals surface area contributed by atoms with Crippen molar-refractivity contribution < 1.29 is 63.3 Å². The molecule has 0 saturated heterocycles. The van der Waals surface area contributed by atoms with Crippen molar-refractivity contribution in [3.05, 3.63) is 0 Å². The van der Waals surface area contributed by atoms with Crippen LogP contribution < -0.4 is 21.7 Å². The number of carbonyl (C=O) groups is 5. The number of nitrogens with two attached hydrogens (primary N) is 1. The maximum Gasteiger partial charge on any atom is 0.320 e. The number of hydrogen-bond donors (Lipinski definition) is 8. The first-order valence-electron chi connectivity index (χ1n) is 21.2. The molecule has 334 valence electrons. The number of rotatable bonds is 43. The van der Waals surface area contributed by atoms with Gasteiger partial charge in [0, 0.05) is 38.8 Å². The Morgan fingerprint density at radius 3 is 1.40 bits per heavy atom. The predicted octanol–water partition coefficient (Wildman–Crippen LogP) is 3.16. The van der Waals surface area contributed by atoms with Crippen LogP contribution in [0.2, 0.25) is 0 Å². The number of aliphatic hydroxyl groups excluding tert-OH is 1. The van der Waals surface area contributed by atoms with Crippen LogP contribution in [0.1, 0.15) is 141 Å². The number of carboxylic acids is 2.